The van der Waals surface area contributed by atoms with E-state index >= 15 is 0 Å². The predicted octanol–water partition coefficient (Wildman–Crippen LogP) is 1.68. The highest BCUT2D eigenvalue weighted by molar-refractivity contribution is 5.91. The molecular formula is C15H24N4O2. The lowest BCUT2D eigenvalue weighted by Gasteiger charge is -2.28. The van der Waals surface area contributed by atoms with E-state index in [0.29, 0.717) is 18.1 Å². The van der Waals surface area contributed by atoms with Crippen LogP contribution in [0.3, 0.4) is 0 Å². The van der Waals surface area contributed by atoms with Gasteiger partial charge in [0, 0.05) is 20.1 Å². The van der Waals surface area contributed by atoms with Crippen LogP contribution >= 0.6 is 0 Å². The van der Waals surface area contributed by atoms with Crippen LogP contribution in [0, 0.1) is 0 Å². The van der Waals surface area contributed by atoms with Gasteiger partial charge in [0.05, 0.1) is 18.0 Å². The molecule has 2 N–H and O–H groups in total. The maximum absolute atomic E-state index is 12.3. The zero-order valence-corrected chi connectivity index (χ0v) is 12.8. The molecule has 0 aromatic carbocycles. The average Bonchev–Trinajstić information content (AvgIpc) is 2.91. The number of rotatable bonds is 6. The van der Waals surface area contributed by atoms with Gasteiger partial charge in [-0.05, 0) is 19.3 Å². The Morgan fingerprint density at radius 2 is 2.10 bits per heavy atom. The van der Waals surface area contributed by atoms with Crippen molar-refractivity contribution in [2.24, 2.45) is 0 Å². The first-order chi connectivity index (χ1) is 10.0. The molecule has 0 spiro atoms. The van der Waals surface area contributed by atoms with Gasteiger partial charge in [0.25, 0.3) is 5.91 Å². The monoisotopic (exact) mass is 292 g/mol. The van der Waals surface area contributed by atoms with E-state index in [4.69, 9.17) is 0 Å². The quantitative estimate of drug-likeness (QED) is 0.834. The summed E-state index contributed by atoms with van der Waals surface area (Å²) >= 11 is 0. The molecule has 1 heterocycles. The maximum atomic E-state index is 12.3. The number of nitrogens with zero attached hydrogens (tertiary/aromatic N) is 3. The standard InChI is InChI=1S/C15H24N4O2/c1-3-8-16-13-10-17-12(9-18-13)14(20)19(2)11-15(21)6-4-5-7-15/h9-10,21H,3-8,11H2,1-2H3,(H,16,18). The highest BCUT2D eigenvalue weighted by Gasteiger charge is 2.33. The van der Waals surface area contributed by atoms with Crippen molar-refractivity contribution in [2.75, 3.05) is 25.5 Å². The number of aliphatic hydroxyl groups is 1. The van der Waals surface area contributed by atoms with Crippen LogP contribution in [-0.2, 0) is 0 Å². The number of amides is 1. The third-order valence-corrected chi connectivity index (χ3v) is 3.84. The van der Waals surface area contributed by atoms with E-state index in [1.165, 1.54) is 11.1 Å². The van der Waals surface area contributed by atoms with E-state index in [9.17, 15) is 9.90 Å². The summed E-state index contributed by atoms with van der Waals surface area (Å²) in [7, 11) is 1.70. The van der Waals surface area contributed by atoms with Crippen LogP contribution in [0.1, 0.15) is 49.5 Å². The van der Waals surface area contributed by atoms with Gasteiger partial charge in [0.15, 0.2) is 0 Å². The van der Waals surface area contributed by atoms with Crippen molar-refractivity contribution < 1.29 is 9.90 Å². The molecule has 1 fully saturated rings. The Hall–Kier alpha value is -1.69. The summed E-state index contributed by atoms with van der Waals surface area (Å²) in [5, 5.41) is 13.5. The topological polar surface area (TPSA) is 78.4 Å². The van der Waals surface area contributed by atoms with Crippen LogP contribution in [0.2, 0.25) is 0 Å². The Morgan fingerprint density at radius 1 is 1.38 bits per heavy atom. The predicted molar refractivity (Wildman–Crippen MR) is 81.2 cm³/mol. The van der Waals surface area contributed by atoms with Gasteiger partial charge in [0.1, 0.15) is 11.5 Å². The van der Waals surface area contributed by atoms with Crippen molar-refractivity contribution in [2.45, 2.75) is 44.6 Å². The van der Waals surface area contributed by atoms with E-state index < -0.39 is 5.60 Å². The van der Waals surface area contributed by atoms with Gasteiger partial charge in [0.2, 0.25) is 0 Å². The zero-order valence-electron chi connectivity index (χ0n) is 12.8. The molecule has 1 aliphatic carbocycles. The van der Waals surface area contributed by atoms with Crippen LogP contribution in [-0.4, -0.2) is 51.6 Å². The lowest BCUT2D eigenvalue weighted by molar-refractivity contribution is 0.0154. The molecule has 0 aliphatic heterocycles. The molecule has 1 amide bonds. The van der Waals surface area contributed by atoms with Gasteiger partial charge in [-0.25, -0.2) is 9.97 Å². The third kappa shape index (κ3) is 4.14. The summed E-state index contributed by atoms with van der Waals surface area (Å²) in [6.45, 7) is 3.25. The second-order valence-corrected chi connectivity index (χ2v) is 5.81. The fourth-order valence-corrected chi connectivity index (χ4v) is 2.68. The molecular weight excluding hydrogens is 268 g/mol. The minimum Gasteiger partial charge on any atom is -0.388 e. The first kappa shape index (κ1) is 15.7. The summed E-state index contributed by atoms with van der Waals surface area (Å²) < 4.78 is 0. The first-order valence-corrected chi connectivity index (χ1v) is 7.58. The molecule has 1 aliphatic rings. The molecule has 1 saturated carbocycles. The Labute approximate surface area is 125 Å². The fraction of sp³-hybridized carbons (Fsp3) is 0.667. The van der Waals surface area contributed by atoms with E-state index in [-0.39, 0.29) is 5.91 Å². The SMILES string of the molecule is CCCNc1cnc(C(=O)N(C)CC2(O)CCCC2)cn1. The lowest BCUT2D eigenvalue weighted by Crippen LogP contribution is -2.42. The molecule has 0 atom stereocenters. The normalized spacial score (nSPS) is 16.7. The van der Waals surface area contributed by atoms with Crippen molar-refractivity contribution in [3.63, 3.8) is 0 Å². The van der Waals surface area contributed by atoms with Gasteiger partial charge < -0.3 is 15.3 Å². The summed E-state index contributed by atoms with van der Waals surface area (Å²) in [4.78, 5) is 22.2. The van der Waals surface area contributed by atoms with Gasteiger partial charge in [-0.15, -0.1) is 0 Å². The van der Waals surface area contributed by atoms with Crippen molar-refractivity contribution in [1.29, 1.82) is 0 Å². The molecule has 116 valence electrons. The molecule has 0 bridgehead atoms. The van der Waals surface area contributed by atoms with Gasteiger partial charge >= 0.3 is 0 Å². The second kappa shape index (κ2) is 6.85. The first-order valence-electron chi connectivity index (χ1n) is 7.58. The smallest absolute Gasteiger partial charge is 0.273 e. The number of carbonyl (C=O) groups is 1. The van der Waals surface area contributed by atoms with E-state index in [2.05, 4.69) is 22.2 Å². The summed E-state index contributed by atoms with van der Waals surface area (Å²) in [6, 6.07) is 0. The Kier molecular flexibility index (Phi) is 5.12. The van der Waals surface area contributed by atoms with Gasteiger partial charge in [-0.1, -0.05) is 19.8 Å². The Morgan fingerprint density at radius 3 is 2.67 bits per heavy atom. The van der Waals surface area contributed by atoms with Gasteiger partial charge in [-0.3, -0.25) is 4.79 Å². The Balaban J connectivity index is 1.95. The van der Waals surface area contributed by atoms with Crippen LogP contribution in [0.15, 0.2) is 12.4 Å². The summed E-state index contributed by atoms with van der Waals surface area (Å²) in [5.41, 5.74) is -0.429. The number of hydrogen-bond donors (Lipinski definition) is 2. The minimum absolute atomic E-state index is 0.204. The number of nitrogens with one attached hydrogen (secondary N) is 1. The molecule has 21 heavy (non-hydrogen) atoms. The molecule has 6 nitrogen and oxygen atoms in total. The number of carbonyl (C=O) groups excluding carboxylic acids is 1. The summed E-state index contributed by atoms with van der Waals surface area (Å²) in [6.07, 6.45) is 7.62. The number of aromatic nitrogens is 2. The average molecular weight is 292 g/mol. The zero-order chi connectivity index (χ0) is 15.3. The Bertz CT molecular complexity index is 469. The highest BCUT2D eigenvalue weighted by Crippen LogP contribution is 2.30. The lowest BCUT2D eigenvalue weighted by atomic mass is 10.0. The molecule has 0 unspecified atom stereocenters. The van der Waals surface area contributed by atoms with E-state index in [1.54, 1.807) is 13.2 Å². The van der Waals surface area contributed by atoms with Crippen LogP contribution < -0.4 is 5.32 Å². The summed E-state index contributed by atoms with van der Waals surface area (Å²) in [5.74, 6) is 0.468. The molecule has 1 aromatic rings. The van der Waals surface area contributed by atoms with Crippen LogP contribution in [0.5, 0.6) is 0 Å². The van der Waals surface area contributed by atoms with Crippen LogP contribution in [0.25, 0.3) is 0 Å². The molecule has 6 heteroatoms. The second-order valence-electron chi connectivity index (χ2n) is 5.81. The maximum Gasteiger partial charge on any atom is 0.273 e. The molecule has 1 aromatic heterocycles. The van der Waals surface area contributed by atoms with E-state index in [1.807, 2.05) is 0 Å². The molecule has 0 radical (unpaired) electrons. The van der Waals surface area contributed by atoms with Crippen molar-refractivity contribution >= 4 is 11.7 Å². The largest absolute Gasteiger partial charge is 0.388 e. The van der Waals surface area contributed by atoms with E-state index in [0.717, 1.165) is 38.6 Å². The number of hydrogen-bond acceptors (Lipinski definition) is 5. The molecule has 2 rings (SSSR count). The van der Waals surface area contributed by atoms with Crippen LogP contribution in [0.4, 0.5) is 5.82 Å². The highest BCUT2D eigenvalue weighted by atomic mass is 16.3. The van der Waals surface area contributed by atoms with Gasteiger partial charge in [-0.2, -0.15) is 0 Å². The minimum atomic E-state index is -0.736. The third-order valence-electron chi connectivity index (χ3n) is 3.84. The van der Waals surface area contributed by atoms with Crippen molar-refractivity contribution in [1.82, 2.24) is 14.9 Å². The number of likely N-dealkylation sites (N-methyl/N-ethyl adjacent to an activating group) is 1. The van der Waals surface area contributed by atoms with Crippen molar-refractivity contribution in [3.05, 3.63) is 18.1 Å². The van der Waals surface area contributed by atoms with Crippen molar-refractivity contribution in [3.8, 4) is 0 Å². The number of anilines is 1. The fourth-order valence-electron chi connectivity index (χ4n) is 2.68. The molecule has 0 saturated heterocycles.